The third kappa shape index (κ3) is 4.15. The minimum Gasteiger partial charge on any atom is -0.479 e. The van der Waals surface area contributed by atoms with Gasteiger partial charge in [-0.05, 0) is 6.92 Å². The lowest BCUT2D eigenvalue weighted by molar-refractivity contribution is -0.258. The van der Waals surface area contributed by atoms with E-state index >= 15 is 0 Å². The number of rotatable bonds is 5. The molecule has 0 spiro atoms. The Bertz CT molecular complexity index is 166. The summed E-state index contributed by atoms with van der Waals surface area (Å²) in [7, 11) is 0. The number of aliphatic hydroxyl groups is 4. The molecule has 0 saturated carbocycles. The van der Waals surface area contributed by atoms with Crippen LogP contribution >= 0.6 is 0 Å². The molecule has 3 unspecified atom stereocenters. The lowest BCUT2D eigenvalue weighted by Crippen LogP contribution is -2.41. The maximum atomic E-state index is 10.3. The van der Waals surface area contributed by atoms with E-state index in [-0.39, 0.29) is 0 Å². The lowest BCUT2D eigenvalue weighted by Gasteiger charge is -2.20. The highest BCUT2D eigenvalue weighted by Crippen LogP contribution is 2.04. The molecule has 0 amide bonds. The number of carboxylic acids is 1. The van der Waals surface area contributed by atoms with Crippen LogP contribution in [0.25, 0.3) is 0 Å². The Morgan fingerprint density at radius 3 is 1.92 bits per heavy atom. The molecule has 0 aliphatic rings. The van der Waals surface area contributed by atoms with Gasteiger partial charge in [-0.25, -0.2) is 4.79 Å². The third-order valence-corrected chi connectivity index (χ3v) is 1.22. The van der Waals surface area contributed by atoms with Gasteiger partial charge in [-0.1, -0.05) is 0 Å². The van der Waals surface area contributed by atoms with E-state index in [9.17, 15) is 4.79 Å². The summed E-state index contributed by atoms with van der Waals surface area (Å²) >= 11 is 0. The SMILES string of the molecule is CC(O)C(OC(O)C(O)O)C(=O)O. The second kappa shape index (κ2) is 5.10. The fourth-order valence-corrected chi connectivity index (χ4v) is 0.599. The maximum Gasteiger partial charge on any atom is 0.335 e. The molecule has 0 aliphatic heterocycles. The summed E-state index contributed by atoms with van der Waals surface area (Å²) < 4.78 is 4.24. The molecule has 0 rings (SSSR count). The van der Waals surface area contributed by atoms with Gasteiger partial charge < -0.3 is 30.3 Å². The van der Waals surface area contributed by atoms with E-state index in [1.807, 2.05) is 0 Å². The summed E-state index contributed by atoms with van der Waals surface area (Å²) in [6.07, 6.45) is -7.33. The van der Waals surface area contributed by atoms with Gasteiger partial charge in [0.2, 0.25) is 12.6 Å². The molecule has 7 heteroatoms. The van der Waals surface area contributed by atoms with Crippen LogP contribution in [0.15, 0.2) is 0 Å². The molecule has 5 N–H and O–H groups in total. The summed E-state index contributed by atoms with van der Waals surface area (Å²) in [4.78, 5) is 10.3. The Kier molecular flexibility index (Phi) is 4.81. The van der Waals surface area contributed by atoms with Gasteiger partial charge in [-0.15, -0.1) is 0 Å². The average molecular weight is 196 g/mol. The molecule has 0 bridgehead atoms. The minimum atomic E-state index is -2.21. The van der Waals surface area contributed by atoms with Crippen molar-refractivity contribution < 1.29 is 35.1 Å². The van der Waals surface area contributed by atoms with Crippen LogP contribution in [0.4, 0.5) is 0 Å². The van der Waals surface area contributed by atoms with Crippen LogP contribution in [-0.4, -0.2) is 56.3 Å². The van der Waals surface area contributed by atoms with Crippen LogP contribution in [0.5, 0.6) is 0 Å². The highest BCUT2D eigenvalue weighted by atomic mass is 16.7. The van der Waals surface area contributed by atoms with Crippen LogP contribution in [0.3, 0.4) is 0 Å². The second-order valence-corrected chi connectivity index (χ2v) is 2.44. The standard InChI is InChI=1S/C6H12O7/c1-2(7)3(4(8)9)13-6(12)5(10)11/h2-3,5-7,10-12H,1H3,(H,8,9). The first kappa shape index (κ1) is 12.3. The molecule has 0 aromatic rings. The molecule has 13 heavy (non-hydrogen) atoms. The molecule has 0 fully saturated rings. The number of hydrogen-bond donors (Lipinski definition) is 5. The summed E-state index contributed by atoms with van der Waals surface area (Å²) in [5.41, 5.74) is 0. The van der Waals surface area contributed by atoms with E-state index in [4.69, 9.17) is 25.5 Å². The molecule has 0 aliphatic carbocycles. The van der Waals surface area contributed by atoms with Crippen molar-refractivity contribution in [3.63, 3.8) is 0 Å². The number of carboxylic acid groups (broad SMARTS) is 1. The zero-order valence-electron chi connectivity index (χ0n) is 6.86. The van der Waals surface area contributed by atoms with Gasteiger partial charge in [-0.3, -0.25) is 0 Å². The van der Waals surface area contributed by atoms with Gasteiger partial charge in [-0.2, -0.15) is 0 Å². The molecule has 0 aromatic carbocycles. The molecule has 0 radical (unpaired) electrons. The van der Waals surface area contributed by atoms with Crippen LogP contribution < -0.4 is 0 Å². The van der Waals surface area contributed by atoms with Crippen molar-refractivity contribution in [2.75, 3.05) is 0 Å². The van der Waals surface area contributed by atoms with Crippen LogP contribution in [0, 0.1) is 0 Å². The largest absolute Gasteiger partial charge is 0.479 e. The Hall–Kier alpha value is -0.730. The highest BCUT2D eigenvalue weighted by molar-refractivity contribution is 5.72. The van der Waals surface area contributed by atoms with Crippen molar-refractivity contribution in [1.82, 2.24) is 0 Å². The third-order valence-electron chi connectivity index (χ3n) is 1.22. The van der Waals surface area contributed by atoms with Crippen LogP contribution in [0.1, 0.15) is 6.92 Å². The smallest absolute Gasteiger partial charge is 0.335 e. The molecule has 0 saturated heterocycles. The molecule has 7 nitrogen and oxygen atoms in total. The van der Waals surface area contributed by atoms with Crippen LogP contribution in [0.2, 0.25) is 0 Å². The van der Waals surface area contributed by atoms with E-state index in [1.54, 1.807) is 0 Å². The molecular formula is C6H12O7. The van der Waals surface area contributed by atoms with Gasteiger partial charge >= 0.3 is 5.97 Å². The summed E-state index contributed by atoms with van der Waals surface area (Å²) in [6.45, 7) is 1.13. The van der Waals surface area contributed by atoms with Crippen molar-refractivity contribution in [2.24, 2.45) is 0 Å². The Labute approximate surface area is 73.8 Å². The zero-order chi connectivity index (χ0) is 10.6. The van der Waals surface area contributed by atoms with E-state index in [0.717, 1.165) is 6.92 Å². The Morgan fingerprint density at radius 2 is 1.69 bits per heavy atom. The zero-order valence-corrected chi connectivity index (χ0v) is 6.86. The fourth-order valence-electron chi connectivity index (χ4n) is 0.599. The van der Waals surface area contributed by atoms with E-state index in [0.29, 0.717) is 0 Å². The molecule has 0 aromatic heterocycles. The first-order chi connectivity index (χ1) is 5.86. The topological polar surface area (TPSA) is 127 Å². The number of carbonyl (C=O) groups is 1. The van der Waals surface area contributed by atoms with Crippen molar-refractivity contribution in [3.05, 3.63) is 0 Å². The number of aliphatic carboxylic acids is 1. The number of hydrogen-bond acceptors (Lipinski definition) is 6. The van der Waals surface area contributed by atoms with Gasteiger partial charge in [0.1, 0.15) is 0 Å². The molecule has 3 atom stereocenters. The predicted octanol–water partition coefficient (Wildman–Crippen LogP) is -2.53. The van der Waals surface area contributed by atoms with E-state index in [2.05, 4.69) is 4.74 Å². The Balaban J connectivity index is 4.18. The lowest BCUT2D eigenvalue weighted by atomic mass is 10.2. The number of ether oxygens (including phenoxy) is 1. The first-order valence-corrected chi connectivity index (χ1v) is 3.46. The number of aliphatic hydroxyl groups excluding tert-OH is 3. The monoisotopic (exact) mass is 196 g/mol. The van der Waals surface area contributed by atoms with E-state index < -0.39 is 30.8 Å². The van der Waals surface area contributed by atoms with Gasteiger partial charge in [0.25, 0.3) is 0 Å². The van der Waals surface area contributed by atoms with Crippen LogP contribution in [-0.2, 0) is 9.53 Å². The van der Waals surface area contributed by atoms with Gasteiger partial charge in [0.15, 0.2) is 6.10 Å². The predicted molar refractivity (Wildman–Crippen MR) is 38.4 cm³/mol. The molecule has 0 heterocycles. The molecular weight excluding hydrogens is 184 g/mol. The average Bonchev–Trinajstić information content (AvgIpc) is 1.97. The summed E-state index contributed by atoms with van der Waals surface area (Å²) in [5, 5.41) is 42.6. The summed E-state index contributed by atoms with van der Waals surface area (Å²) in [6, 6.07) is 0. The van der Waals surface area contributed by atoms with Crippen molar-refractivity contribution in [1.29, 1.82) is 0 Å². The van der Waals surface area contributed by atoms with Crippen molar-refractivity contribution >= 4 is 5.97 Å². The van der Waals surface area contributed by atoms with Crippen molar-refractivity contribution in [2.45, 2.75) is 31.7 Å². The summed E-state index contributed by atoms with van der Waals surface area (Å²) in [5.74, 6) is -1.50. The van der Waals surface area contributed by atoms with E-state index in [1.165, 1.54) is 0 Å². The minimum absolute atomic E-state index is 1.13. The normalized spacial score (nSPS) is 18.3. The van der Waals surface area contributed by atoms with Gasteiger partial charge in [0, 0.05) is 0 Å². The Morgan fingerprint density at radius 1 is 1.23 bits per heavy atom. The van der Waals surface area contributed by atoms with Gasteiger partial charge in [0.05, 0.1) is 6.10 Å². The first-order valence-electron chi connectivity index (χ1n) is 3.46. The molecule has 78 valence electrons. The second-order valence-electron chi connectivity index (χ2n) is 2.44. The van der Waals surface area contributed by atoms with Crippen molar-refractivity contribution in [3.8, 4) is 0 Å². The quantitative estimate of drug-likeness (QED) is 0.307. The maximum absolute atomic E-state index is 10.3. The fraction of sp³-hybridized carbons (Fsp3) is 0.833. The highest BCUT2D eigenvalue weighted by Gasteiger charge is 2.29.